The molecule has 2 N–H and O–H groups in total. The van der Waals surface area contributed by atoms with Crippen molar-refractivity contribution < 1.29 is 4.74 Å². The number of benzene rings is 2. The fraction of sp³-hybridized carbons (Fsp3) is 0.350. The molecule has 1 saturated heterocycles. The number of hydrogen-bond donors (Lipinski definition) is 2. The molecular formula is C20H23N3OS. The lowest BCUT2D eigenvalue weighted by Gasteiger charge is -2.42. The minimum atomic E-state index is -0.0949. The van der Waals surface area contributed by atoms with E-state index in [0.29, 0.717) is 0 Å². The second kappa shape index (κ2) is 6.32. The molecule has 0 aliphatic carbocycles. The monoisotopic (exact) mass is 353 g/mol. The van der Waals surface area contributed by atoms with Gasteiger partial charge >= 0.3 is 0 Å². The van der Waals surface area contributed by atoms with Crippen molar-refractivity contribution in [3.63, 3.8) is 0 Å². The van der Waals surface area contributed by atoms with E-state index in [0.717, 1.165) is 22.7 Å². The van der Waals surface area contributed by atoms with Crippen molar-refractivity contribution in [3.05, 3.63) is 59.2 Å². The summed E-state index contributed by atoms with van der Waals surface area (Å²) in [5.74, 6) is 1.13. The fourth-order valence-corrected chi connectivity index (χ4v) is 3.85. The number of thiocarbonyl (C=S) groups is 1. The lowest BCUT2D eigenvalue weighted by Crippen LogP contribution is -2.60. The Kier molecular flexibility index (Phi) is 4.13. The minimum Gasteiger partial charge on any atom is -0.474 e. The molecular weight excluding hydrogens is 330 g/mol. The number of nitrogens with one attached hydrogen (secondary N) is 2. The third-order valence-corrected chi connectivity index (χ3v) is 5.39. The Morgan fingerprint density at radius 3 is 2.60 bits per heavy atom. The molecule has 2 aromatic carbocycles. The highest BCUT2D eigenvalue weighted by molar-refractivity contribution is 7.80. The average molecular weight is 353 g/mol. The third kappa shape index (κ3) is 3.10. The first-order valence-corrected chi connectivity index (χ1v) is 9.02. The van der Waals surface area contributed by atoms with Gasteiger partial charge in [0.2, 0.25) is 0 Å². The smallest absolute Gasteiger partial charge is 0.161 e. The zero-order chi connectivity index (χ0) is 17.6. The molecule has 0 spiro atoms. The van der Waals surface area contributed by atoms with E-state index in [1.807, 2.05) is 14.1 Å². The van der Waals surface area contributed by atoms with Crippen molar-refractivity contribution in [2.24, 2.45) is 5.92 Å². The van der Waals surface area contributed by atoms with Crippen LogP contribution in [0.25, 0.3) is 0 Å². The van der Waals surface area contributed by atoms with Crippen molar-refractivity contribution in [2.75, 3.05) is 19.0 Å². The van der Waals surface area contributed by atoms with Gasteiger partial charge in [-0.15, -0.1) is 0 Å². The SMILES string of the molecule is Cc1ccc2c(c1)CC1C(=S)NC(c3ccc(N(C)C)cc3)NC1O2. The van der Waals surface area contributed by atoms with Crippen LogP contribution in [0.3, 0.4) is 0 Å². The average Bonchev–Trinajstić information content (AvgIpc) is 2.60. The predicted molar refractivity (Wildman–Crippen MR) is 105 cm³/mol. The molecule has 0 aromatic heterocycles. The summed E-state index contributed by atoms with van der Waals surface area (Å²) in [6.45, 7) is 2.11. The Morgan fingerprint density at radius 2 is 1.88 bits per heavy atom. The highest BCUT2D eigenvalue weighted by Gasteiger charge is 2.39. The van der Waals surface area contributed by atoms with Crippen LogP contribution in [0.4, 0.5) is 5.69 Å². The van der Waals surface area contributed by atoms with Gasteiger partial charge in [-0.3, -0.25) is 5.32 Å². The molecule has 3 unspecified atom stereocenters. The van der Waals surface area contributed by atoms with Crippen LogP contribution in [-0.2, 0) is 6.42 Å². The van der Waals surface area contributed by atoms with Gasteiger partial charge in [0.15, 0.2) is 6.23 Å². The first-order chi connectivity index (χ1) is 12.0. The van der Waals surface area contributed by atoms with E-state index in [2.05, 4.69) is 64.9 Å². The molecule has 2 aromatic rings. The summed E-state index contributed by atoms with van der Waals surface area (Å²) in [7, 11) is 4.09. The first kappa shape index (κ1) is 16.4. The van der Waals surface area contributed by atoms with Crippen LogP contribution in [0.1, 0.15) is 22.9 Å². The number of rotatable bonds is 2. The number of fused-ring (bicyclic) bond motifs is 2. The topological polar surface area (TPSA) is 36.5 Å². The van der Waals surface area contributed by atoms with E-state index in [1.165, 1.54) is 16.8 Å². The summed E-state index contributed by atoms with van der Waals surface area (Å²) in [6.07, 6.45) is 0.784. The molecule has 1 fully saturated rings. The van der Waals surface area contributed by atoms with Crippen molar-refractivity contribution in [1.82, 2.24) is 10.6 Å². The summed E-state index contributed by atoms with van der Waals surface area (Å²) in [6, 6.07) is 14.8. The van der Waals surface area contributed by atoms with Gasteiger partial charge in [-0.25, -0.2) is 0 Å². The molecule has 4 nitrogen and oxygen atoms in total. The van der Waals surface area contributed by atoms with Gasteiger partial charge in [-0.1, -0.05) is 42.0 Å². The molecule has 0 amide bonds. The van der Waals surface area contributed by atoms with Gasteiger partial charge in [0, 0.05) is 19.8 Å². The lowest BCUT2D eigenvalue weighted by atomic mass is 9.91. The molecule has 0 bridgehead atoms. The Labute approximate surface area is 154 Å². The Hall–Kier alpha value is -2.11. The first-order valence-electron chi connectivity index (χ1n) is 8.61. The van der Waals surface area contributed by atoms with E-state index in [4.69, 9.17) is 17.0 Å². The van der Waals surface area contributed by atoms with Crippen LogP contribution in [0.15, 0.2) is 42.5 Å². The molecule has 0 radical (unpaired) electrons. The summed E-state index contributed by atoms with van der Waals surface area (Å²) in [5, 5.41) is 7.02. The quantitative estimate of drug-likeness (QED) is 0.811. The molecule has 3 atom stereocenters. The van der Waals surface area contributed by atoms with Crippen molar-refractivity contribution in [2.45, 2.75) is 25.7 Å². The maximum atomic E-state index is 6.23. The number of anilines is 1. The van der Waals surface area contributed by atoms with E-state index >= 15 is 0 Å². The minimum absolute atomic E-state index is 0.0306. The molecule has 2 aliphatic rings. The maximum Gasteiger partial charge on any atom is 0.161 e. The summed E-state index contributed by atoms with van der Waals surface area (Å²) < 4.78 is 6.23. The Bertz CT molecular complexity index is 803. The van der Waals surface area contributed by atoms with Gasteiger partial charge in [0.05, 0.1) is 10.9 Å². The highest BCUT2D eigenvalue weighted by Crippen LogP contribution is 2.34. The number of aryl methyl sites for hydroxylation is 1. The number of ether oxygens (including phenoxy) is 1. The lowest BCUT2D eigenvalue weighted by molar-refractivity contribution is 0.0806. The molecule has 130 valence electrons. The largest absolute Gasteiger partial charge is 0.474 e. The van der Waals surface area contributed by atoms with Gasteiger partial charge in [-0.05, 0) is 42.7 Å². The molecule has 25 heavy (non-hydrogen) atoms. The van der Waals surface area contributed by atoms with Crippen LogP contribution < -0.4 is 20.3 Å². The van der Waals surface area contributed by atoms with Crippen molar-refractivity contribution >= 4 is 22.9 Å². The highest BCUT2D eigenvalue weighted by atomic mass is 32.1. The van der Waals surface area contributed by atoms with Crippen LogP contribution in [-0.4, -0.2) is 25.3 Å². The van der Waals surface area contributed by atoms with Crippen LogP contribution in [0.2, 0.25) is 0 Å². The van der Waals surface area contributed by atoms with Crippen molar-refractivity contribution in [1.29, 1.82) is 0 Å². The predicted octanol–water partition coefficient (Wildman–Crippen LogP) is 3.16. The molecule has 2 aliphatic heterocycles. The molecule has 0 saturated carbocycles. The van der Waals surface area contributed by atoms with Crippen molar-refractivity contribution in [3.8, 4) is 5.75 Å². The van der Waals surface area contributed by atoms with E-state index in [-0.39, 0.29) is 18.3 Å². The molecule has 5 heteroatoms. The normalized spacial score (nSPS) is 24.6. The number of hydrogen-bond acceptors (Lipinski definition) is 4. The van der Waals surface area contributed by atoms with Crippen LogP contribution in [0, 0.1) is 12.8 Å². The second-order valence-corrected chi connectivity index (χ2v) is 7.49. The zero-order valence-corrected chi connectivity index (χ0v) is 15.6. The zero-order valence-electron chi connectivity index (χ0n) is 14.7. The van der Waals surface area contributed by atoms with E-state index in [9.17, 15) is 0 Å². The summed E-state index contributed by atoms with van der Waals surface area (Å²) >= 11 is 5.67. The second-order valence-electron chi connectivity index (χ2n) is 7.05. The molecule has 4 rings (SSSR count). The van der Waals surface area contributed by atoms with E-state index in [1.54, 1.807) is 0 Å². The van der Waals surface area contributed by atoms with Gasteiger partial charge in [0.25, 0.3) is 0 Å². The Morgan fingerprint density at radius 1 is 1.12 bits per heavy atom. The Balaban J connectivity index is 1.56. The fourth-order valence-electron chi connectivity index (χ4n) is 3.53. The van der Waals surface area contributed by atoms with Gasteiger partial charge in [-0.2, -0.15) is 0 Å². The third-order valence-electron chi connectivity index (χ3n) is 4.97. The van der Waals surface area contributed by atoms with Gasteiger partial charge in [0.1, 0.15) is 11.9 Å². The van der Waals surface area contributed by atoms with Crippen LogP contribution >= 0.6 is 12.2 Å². The summed E-state index contributed by atoms with van der Waals surface area (Å²) in [5.41, 5.74) is 4.83. The van der Waals surface area contributed by atoms with Crippen LogP contribution in [0.5, 0.6) is 5.75 Å². The maximum absolute atomic E-state index is 6.23. The summed E-state index contributed by atoms with van der Waals surface area (Å²) in [4.78, 5) is 2.97. The number of nitrogens with zero attached hydrogens (tertiary/aromatic N) is 1. The van der Waals surface area contributed by atoms with Gasteiger partial charge < -0.3 is 15.0 Å². The molecule has 2 heterocycles. The standard InChI is InChI=1S/C20H23N3OS/c1-12-4-9-17-14(10-12)11-16-19(24-17)21-18(22-20(16)25)13-5-7-15(8-6-13)23(2)3/h4-10,16,18-19,21H,11H2,1-3H3,(H,22,25). The van der Waals surface area contributed by atoms with E-state index < -0.39 is 0 Å².